The number of carbonyl (C=O) groups is 1. The predicted molar refractivity (Wildman–Crippen MR) is 82.8 cm³/mol. The van der Waals surface area contributed by atoms with Gasteiger partial charge >= 0.3 is 0 Å². The number of hydrogen-bond donors (Lipinski definition) is 1. The summed E-state index contributed by atoms with van der Waals surface area (Å²) in [6, 6.07) is 8.67. The van der Waals surface area contributed by atoms with Crippen molar-refractivity contribution in [3.8, 4) is 0 Å². The van der Waals surface area contributed by atoms with Crippen molar-refractivity contribution >= 4 is 16.9 Å². The lowest BCUT2D eigenvalue weighted by Gasteiger charge is -2.31. The maximum Gasteiger partial charge on any atom is 0.219 e. The number of carbonyl (C=O) groups excluding carboxylic acids is 1. The number of piperidine rings is 1. The minimum atomic E-state index is 0.184. The predicted octanol–water partition coefficient (Wildman–Crippen LogP) is 1.67. The number of likely N-dealkylation sites (tertiary alicyclic amines) is 1. The normalized spacial score (nSPS) is 16.6. The third-order valence-corrected chi connectivity index (χ3v) is 4.37. The van der Waals surface area contributed by atoms with Gasteiger partial charge in [0.2, 0.25) is 5.91 Å². The Labute approximate surface area is 125 Å². The number of aryl methyl sites for hydroxylation is 1. The summed E-state index contributed by atoms with van der Waals surface area (Å²) in [5.41, 5.74) is 2.21. The van der Waals surface area contributed by atoms with E-state index in [1.807, 2.05) is 23.1 Å². The van der Waals surface area contributed by atoms with Crippen molar-refractivity contribution in [2.45, 2.75) is 32.4 Å². The van der Waals surface area contributed by atoms with E-state index >= 15 is 0 Å². The van der Waals surface area contributed by atoms with Crippen molar-refractivity contribution in [1.29, 1.82) is 0 Å². The van der Waals surface area contributed by atoms with Crippen LogP contribution in [-0.2, 0) is 18.4 Å². The van der Waals surface area contributed by atoms with Crippen molar-refractivity contribution in [2.75, 3.05) is 13.1 Å². The van der Waals surface area contributed by atoms with Gasteiger partial charge in [0.15, 0.2) is 0 Å². The molecule has 21 heavy (non-hydrogen) atoms. The first-order valence-electron chi connectivity index (χ1n) is 7.54. The van der Waals surface area contributed by atoms with Gasteiger partial charge in [-0.05, 0) is 25.0 Å². The van der Waals surface area contributed by atoms with Gasteiger partial charge in [0.25, 0.3) is 0 Å². The van der Waals surface area contributed by atoms with E-state index in [4.69, 9.17) is 0 Å². The number of imidazole rings is 1. The van der Waals surface area contributed by atoms with Crippen molar-refractivity contribution in [3.05, 3.63) is 30.1 Å². The summed E-state index contributed by atoms with van der Waals surface area (Å²) in [7, 11) is 2.06. The molecular weight excluding hydrogens is 264 g/mol. The molecule has 3 rings (SSSR count). The molecule has 1 aromatic heterocycles. The SMILES string of the molecule is CC(=O)N1CCC(NCc2nc3ccccc3n2C)CC1. The van der Waals surface area contributed by atoms with E-state index in [2.05, 4.69) is 28.0 Å². The Bertz CT molecular complexity index is 641. The number of hydrogen-bond acceptors (Lipinski definition) is 3. The lowest BCUT2D eigenvalue weighted by molar-refractivity contribution is -0.129. The third kappa shape index (κ3) is 2.93. The fraction of sp³-hybridized carbons (Fsp3) is 0.500. The van der Waals surface area contributed by atoms with Gasteiger partial charge in [-0.1, -0.05) is 12.1 Å². The van der Waals surface area contributed by atoms with E-state index in [0.717, 1.165) is 43.8 Å². The minimum absolute atomic E-state index is 0.184. The number of para-hydroxylation sites is 2. The van der Waals surface area contributed by atoms with Crippen LogP contribution in [0.1, 0.15) is 25.6 Å². The number of fused-ring (bicyclic) bond motifs is 1. The average molecular weight is 286 g/mol. The Morgan fingerprint density at radius 1 is 1.33 bits per heavy atom. The smallest absolute Gasteiger partial charge is 0.219 e. The molecule has 1 amide bonds. The molecule has 0 spiro atoms. The summed E-state index contributed by atoms with van der Waals surface area (Å²) in [6.45, 7) is 4.13. The van der Waals surface area contributed by atoms with Gasteiger partial charge in [-0.3, -0.25) is 4.79 Å². The van der Waals surface area contributed by atoms with Crippen LogP contribution in [0.2, 0.25) is 0 Å². The Hall–Kier alpha value is -1.88. The molecule has 2 aromatic rings. The highest BCUT2D eigenvalue weighted by Gasteiger charge is 2.20. The number of benzene rings is 1. The summed E-state index contributed by atoms with van der Waals surface area (Å²) in [4.78, 5) is 17.9. The Balaban J connectivity index is 1.60. The van der Waals surface area contributed by atoms with E-state index in [-0.39, 0.29) is 5.91 Å². The first-order valence-corrected chi connectivity index (χ1v) is 7.54. The summed E-state index contributed by atoms with van der Waals surface area (Å²) < 4.78 is 2.15. The maximum atomic E-state index is 11.3. The molecule has 1 saturated heterocycles. The van der Waals surface area contributed by atoms with Gasteiger partial charge in [-0.2, -0.15) is 0 Å². The molecule has 5 nitrogen and oxygen atoms in total. The van der Waals surface area contributed by atoms with Crippen LogP contribution in [0.15, 0.2) is 24.3 Å². The van der Waals surface area contributed by atoms with Gasteiger partial charge in [0.05, 0.1) is 17.6 Å². The van der Waals surface area contributed by atoms with Crippen LogP contribution in [0.5, 0.6) is 0 Å². The van der Waals surface area contributed by atoms with Crippen LogP contribution in [0.4, 0.5) is 0 Å². The second-order valence-corrected chi connectivity index (χ2v) is 5.74. The van der Waals surface area contributed by atoms with E-state index in [1.165, 1.54) is 5.52 Å². The molecule has 112 valence electrons. The zero-order valence-electron chi connectivity index (χ0n) is 12.7. The van der Waals surface area contributed by atoms with Crippen LogP contribution in [0.25, 0.3) is 11.0 Å². The molecule has 1 aliphatic heterocycles. The fourth-order valence-corrected chi connectivity index (χ4v) is 2.99. The van der Waals surface area contributed by atoms with Crippen LogP contribution >= 0.6 is 0 Å². The van der Waals surface area contributed by atoms with E-state index in [9.17, 15) is 4.79 Å². The molecule has 2 heterocycles. The third-order valence-electron chi connectivity index (χ3n) is 4.37. The first-order chi connectivity index (χ1) is 10.1. The molecule has 1 aliphatic rings. The fourth-order valence-electron chi connectivity index (χ4n) is 2.99. The summed E-state index contributed by atoms with van der Waals surface area (Å²) >= 11 is 0. The average Bonchev–Trinajstić information content (AvgIpc) is 2.82. The number of nitrogens with one attached hydrogen (secondary N) is 1. The van der Waals surface area contributed by atoms with Crippen LogP contribution in [0, 0.1) is 0 Å². The largest absolute Gasteiger partial charge is 0.343 e. The van der Waals surface area contributed by atoms with Crippen LogP contribution in [-0.4, -0.2) is 39.5 Å². The van der Waals surface area contributed by atoms with E-state index in [1.54, 1.807) is 6.92 Å². The topological polar surface area (TPSA) is 50.2 Å². The lowest BCUT2D eigenvalue weighted by atomic mass is 10.1. The first kappa shape index (κ1) is 14.1. The molecule has 5 heteroatoms. The monoisotopic (exact) mass is 286 g/mol. The highest BCUT2D eigenvalue weighted by Crippen LogP contribution is 2.15. The zero-order chi connectivity index (χ0) is 14.8. The van der Waals surface area contributed by atoms with Crippen molar-refractivity contribution in [3.63, 3.8) is 0 Å². The van der Waals surface area contributed by atoms with E-state index in [0.29, 0.717) is 6.04 Å². The van der Waals surface area contributed by atoms with Gasteiger partial charge in [0.1, 0.15) is 5.82 Å². The van der Waals surface area contributed by atoms with Gasteiger partial charge in [-0.15, -0.1) is 0 Å². The highest BCUT2D eigenvalue weighted by molar-refractivity contribution is 5.75. The molecule has 0 unspecified atom stereocenters. The summed E-state index contributed by atoms with van der Waals surface area (Å²) in [6.07, 6.45) is 2.03. The molecule has 0 bridgehead atoms. The van der Waals surface area contributed by atoms with Crippen molar-refractivity contribution in [1.82, 2.24) is 19.8 Å². The number of amides is 1. The molecular formula is C16H22N4O. The number of nitrogens with zero attached hydrogens (tertiary/aromatic N) is 3. The van der Waals surface area contributed by atoms with Crippen molar-refractivity contribution in [2.24, 2.45) is 7.05 Å². The second-order valence-electron chi connectivity index (χ2n) is 5.74. The minimum Gasteiger partial charge on any atom is -0.343 e. The van der Waals surface area contributed by atoms with E-state index < -0.39 is 0 Å². The maximum absolute atomic E-state index is 11.3. The summed E-state index contributed by atoms with van der Waals surface area (Å²) in [5, 5.41) is 3.58. The molecule has 0 radical (unpaired) electrons. The van der Waals surface area contributed by atoms with Crippen LogP contribution < -0.4 is 5.32 Å². The zero-order valence-corrected chi connectivity index (χ0v) is 12.7. The quantitative estimate of drug-likeness (QED) is 0.934. The van der Waals surface area contributed by atoms with Gasteiger partial charge < -0.3 is 14.8 Å². The molecule has 0 aliphatic carbocycles. The number of rotatable bonds is 3. The van der Waals surface area contributed by atoms with Crippen molar-refractivity contribution < 1.29 is 4.79 Å². The molecule has 1 fully saturated rings. The molecule has 0 atom stereocenters. The van der Waals surface area contributed by atoms with Gasteiger partial charge in [-0.25, -0.2) is 4.98 Å². The summed E-state index contributed by atoms with van der Waals surface area (Å²) in [5.74, 6) is 1.24. The lowest BCUT2D eigenvalue weighted by Crippen LogP contribution is -2.44. The van der Waals surface area contributed by atoms with Crippen LogP contribution in [0.3, 0.4) is 0 Å². The molecule has 1 N–H and O–H groups in total. The second kappa shape index (κ2) is 5.85. The molecule has 0 saturated carbocycles. The number of aromatic nitrogens is 2. The Kier molecular flexibility index (Phi) is 3.92. The highest BCUT2D eigenvalue weighted by atomic mass is 16.2. The Morgan fingerprint density at radius 2 is 2.05 bits per heavy atom. The molecule has 1 aromatic carbocycles. The Morgan fingerprint density at radius 3 is 2.71 bits per heavy atom. The standard InChI is InChI=1S/C16H22N4O/c1-12(21)20-9-7-13(8-10-20)17-11-16-18-14-5-3-4-6-15(14)19(16)2/h3-6,13,17H,7-11H2,1-2H3. The van der Waals surface area contributed by atoms with Gasteiger partial charge in [0, 0.05) is 33.1 Å².